The number of hydrogen-bond acceptors (Lipinski definition) is 5. The minimum absolute atomic E-state index is 0.469. The summed E-state index contributed by atoms with van der Waals surface area (Å²) in [5.74, 6) is 1.19. The highest BCUT2D eigenvalue weighted by Crippen LogP contribution is 2.33. The summed E-state index contributed by atoms with van der Waals surface area (Å²) < 4.78 is 5.64. The predicted molar refractivity (Wildman–Crippen MR) is 99.2 cm³/mol. The zero-order valence-electron chi connectivity index (χ0n) is 14.0. The largest absolute Gasteiger partial charge is 0.438 e. The van der Waals surface area contributed by atoms with Gasteiger partial charge in [0.05, 0.1) is 6.20 Å². The van der Waals surface area contributed by atoms with Crippen LogP contribution in [0.3, 0.4) is 0 Å². The van der Waals surface area contributed by atoms with Gasteiger partial charge in [0.1, 0.15) is 11.4 Å². The number of halogens is 1. The van der Waals surface area contributed by atoms with Crippen LogP contribution in [-0.2, 0) is 12.1 Å². The molecule has 1 aliphatic heterocycles. The molecule has 3 aromatic rings. The van der Waals surface area contributed by atoms with E-state index in [1.165, 1.54) is 0 Å². The summed E-state index contributed by atoms with van der Waals surface area (Å²) in [5, 5.41) is 11.4. The molecule has 5 nitrogen and oxygen atoms in total. The first-order valence-electron chi connectivity index (χ1n) is 8.34. The number of β-amino-alcohol motifs (C(OH)–C–C–N with tert-alkyl or cyclic N) is 1. The summed E-state index contributed by atoms with van der Waals surface area (Å²) in [5.41, 5.74) is 1.28. The fourth-order valence-electron chi connectivity index (χ4n) is 3.13. The van der Waals surface area contributed by atoms with E-state index < -0.39 is 5.60 Å². The van der Waals surface area contributed by atoms with Crippen LogP contribution in [0.1, 0.15) is 11.1 Å². The van der Waals surface area contributed by atoms with Crippen molar-refractivity contribution in [1.82, 2.24) is 14.9 Å². The number of benzene rings is 2. The van der Waals surface area contributed by atoms with Crippen LogP contribution >= 0.6 is 11.6 Å². The number of likely N-dealkylation sites (tertiary alicyclic amines) is 1. The van der Waals surface area contributed by atoms with E-state index >= 15 is 0 Å². The average Bonchev–Trinajstić information content (AvgIpc) is 2.63. The Morgan fingerprint density at radius 3 is 2.42 bits per heavy atom. The van der Waals surface area contributed by atoms with Gasteiger partial charge in [-0.3, -0.25) is 9.88 Å². The molecule has 2 aromatic carbocycles. The van der Waals surface area contributed by atoms with Crippen molar-refractivity contribution >= 4 is 11.6 Å². The van der Waals surface area contributed by atoms with E-state index in [2.05, 4.69) is 14.9 Å². The van der Waals surface area contributed by atoms with Crippen LogP contribution in [0.4, 0.5) is 0 Å². The van der Waals surface area contributed by atoms with Crippen LogP contribution in [0.15, 0.2) is 67.1 Å². The molecule has 132 valence electrons. The molecule has 4 rings (SSSR count). The molecule has 1 N–H and O–H groups in total. The minimum atomic E-state index is -0.792. The van der Waals surface area contributed by atoms with Crippen LogP contribution in [0.25, 0.3) is 0 Å². The lowest BCUT2D eigenvalue weighted by Gasteiger charge is -2.47. The van der Waals surface area contributed by atoms with Gasteiger partial charge in [-0.1, -0.05) is 35.9 Å². The highest BCUT2D eigenvalue weighted by atomic mass is 35.5. The quantitative estimate of drug-likeness (QED) is 0.746. The lowest BCUT2D eigenvalue weighted by atomic mass is 9.86. The SMILES string of the molecule is OC1(c2ccc(Cl)cc2)CN(Cc2ccc(Oc3cnccn3)cc2)C1. The molecule has 0 radical (unpaired) electrons. The van der Waals surface area contributed by atoms with Gasteiger partial charge in [-0.15, -0.1) is 0 Å². The zero-order valence-corrected chi connectivity index (χ0v) is 14.8. The third-order valence-corrected chi connectivity index (χ3v) is 4.70. The van der Waals surface area contributed by atoms with E-state index in [1.54, 1.807) is 18.6 Å². The monoisotopic (exact) mass is 367 g/mol. The normalized spacial score (nSPS) is 16.1. The van der Waals surface area contributed by atoms with Crippen LogP contribution in [0.5, 0.6) is 11.6 Å². The Morgan fingerprint density at radius 2 is 1.77 bits per heavy atom. The van der Waals surface area contributed by atoms with E-state index in [1.807, 2.05) is 48.5 Å². The third kappa shape index (κ3) is 3.70. The van der Waals surface area contributed by atoms with Gasteiger partial charge in [0.2, 0.25) is 5.88 Å². The summed E-state index contributed by atoms with van der Waals surface area (Å²) in [6.45, 7) is 1.99. The summed E-state index contributed by atoms with van der Waals surface area (Å²) in [6.07, 6.45) is 4.77. The van der Waals surface area contributed by atoms with E-state index in [4.69, 9.17) is 16.3 Å². The lowest BCUT2D eigenvalue weighted by Crippen LogP contribution is -2.58. The fourth-order valence-corrected chi connectivity index (χ4v) is 3.25. The van der Waals surface area contributed by atoms with Crippen molar-refractivity contribution in [3.63, 3.8) is 0 Å². The number of ether oxygens (including phenoxy) is 1. The van der Waals surface area contributed by atoms with Crippen molar-refractivity contribution < 1.29 is 9.84 Å². The Balaban J connectivity index is 1.33. The maximum Gasteiger partial charge on any atom is 0.237 e. The molecular formula is C20H18ClN3O2. The van der Waals surface area contributed by atoms with Crippen molar-refractivity contribution in [2.45, 2.75) is 12.1 Å². The molecule has 2 heterocycles. The first kappa shape index (κ1) is 17.0. The van der Waals surface area contributed by atoms with Crippen molar-refractivity contribution in [2.75, 3.05) is 13.1 Å². The van der Waals surface area contributed by atoms with Crippen LogP contribution in [0, 0.1) is 0 Å². The van der Waals surface area contributed by atoms with E-state index in [-0.39, 0.29) is 0 Å². The summed E-state index contributed by atoms with van der Waals surface area (Å²) in [7, 11) is 0. The first-order valence-corrected chi connectivity index (χ1v) is 8.72. The van der Waals surface area contributed by atoms with Gasteiger partial charge in [-0.25, -0.2) is 4.98 Å². The van der Waals surface area contributed by atoms with Crippen LogP contribution in [0.2, 0.25) is 5.02 Å². The zero-order chi connectivity index (χ0) is 18.0. The Labute approximate surface area is 156 Å². The molecular weight excluding hydrogens is 350 g/mol. The average molecular weight is 368 g/mol. The molecule has 1 fully saturated rings. The number of nitrogens with zero attached hydrogens (tertiary/aromatic N) is 3. The molecule has 0 unspecified atom stereocenters. The topological polar surface area (TPSA) is 58.5 Å². The van der Waals surface area contributed by atoms with Crippen LogP contribution in [-0.4, -0.2) is 33.1 Å². The molecule has 0 aliphatic carbocycles. The molecule has 0 amide bonds. The second-order valence-corrected chi connectivity index (χ2v) is 6.91. The summed E-state index contributed by atoms with van der Waals surface area (Å²) >= 11 is 5.91. The number of aromatic nitrogens is 2. The molecule has 1 saturated heterocycles. The maximum absolute atomic E-state index is 10.7. The van der Waals surface area contributed by atoms with Crippen molar-refractivity contribution in [2.24, 2.45) is 0 Å². The van der Waals surface area contributed by atoms with E-state index in [0.29, 0.717) is 24.0 Å². The van der Waals surface area contributed by atoms with E-state index in [9.17, 15) is 5.11 Å². The molecule has 6 heteroatoms. The van der Waals surface area contributed by atoms with Gasteiger partial charge >= 0.3 is 0 Å². The Bertz CT molecular complexity index is 864. The minimum Gasteiger partial charge on any atom is -0.438 e. The third-order valence-electron chi connectivity index (χ3n) is 4.44. The fraction of sp³-hybridized carbons (Fsp3) is 0.200. The Morgan fingerprint density at radius 1 is 1.04 bits per heavy atom. The van der Waals surface area contributed by atoms with Gasteiger partial charge in [-0.05, 0) is 35.4 Å². The highest BCUT2D eigenvalue weighted by Gasteiger charge is 2.42. The van der Waals surface area contributed by atoms with Gasteiger partial charge in [0.25, 0.3) is 0 Å². The van der Waals surface area contributed by atoms with Gasteiger partial charge in [-0.2, -0.15) is 0 Å². The maximum atomic E-state index is 10.7. The van der Waals surface area contributed by atoms with E-state index in [0.717, 1.165) is 23.4 Å². The van der Waals surface area contributed by atoms with Crippen molar-refractivity contribution in [3.05, 3.63) is 83.3 Å². The smallest absolute Gasteiger partial charge is 0.237 e. The van der Waals surface area contributed by atoms with Gasteiger partial charge in [0.15, 0.2) is 0 Å². The van der Waals surface area contributed by atoms with Crippen molar-refractivity contribution in [1.29, 1.82) is 0 Å². The van der Waals surface area contributed by atoms with Gasteiger partial charge < -0.3 is 9.84 Å². The first-order chi connectivity index (χ1) is 12.6. The standard InChI is InChI=1S/C20H18ClN3O2/c21-17-5-3-16(4-6-17)20(25)13-24(14-20)12-15-1-7-18(8-2-15)26-19-11-22-9-10-23-19/h1-11,25H,12-14H2. The molecule has 0 atom stereocenters. The van der Waals surface area contributed by atoms with Gasteiger partial charge in [0, 0.05) is 37.1 Å². The van der Waals surface area contributed by atoms with Crippen molar-refractivity contribution in [3.8, 4) is 11.6 Å². The molecule has 1 aliphatic rings. The lowest BCUT2D eigenvalue weighted by molar-refractivity contribution is -0.107. The summed E-state index contributed by atoms with van der Waals surface area (Å²) in [4.78, 5) is 10.3. The van der Waals surface area contributed by atoms with Crippen LogP contribution < -0.4 is 4.74 Å². The Kier molecular flexibility index (Phi) is 4.59. The summed E-state index contributed by atoms with van der Waals surface area (Å²) in [6, 6.07) is 15.3. The predicted octanol–water partition coefficient (Wildman–Crippen LogP) is 3.63. The Hall–Kier alpha value is -2.47. The second-order valence-electron chi connectivity index (χ2n) is 6.47. The number of rotatable bonds is 5. The number of aliphatic hydroxyl groups is 1. The molecule has 26 heavy (non-hydrogen) atoms. The molecule has 0 saturated carbocycles. The molecule has 1 aromatic heterocycles. The highest BCUT2D eigenvalue weighted by molar-refractivity contribution is 6.30. The molecule has 0 spiro atoms. The molecule has 0 bridgehead atoms. The number of hydrogen-bond donors (Lipinski definition) is 1. The second kappa shape index (κ2) is 7.03.